The number of hydrogen-bond donors (Lipinski definition) is 0. The van der Waals surface area contributed by atoms with Crippen LogP contribution in [0, 0.1) is 0 Å². The van der Waals surface area contributed by atoms with Crippen LogP contribution in [-0.2, 0) is 19.0 Å². The minimum absolute atomic E-state index is 0.0973. The van der Waals surface area contributed by atoms with E-state index in [-0.39, 0.29) is 11.4 Å². The van der Waals surface area contributed by atoms with Crippen molar-refractivity contribution in [2.24, 2.45) is 0 Å². The van der Waals surface area contributed by atoms with Gasteiger partial charge in [0.05, 0.1) is 17.5 Å². The predicted molar refractivity (Wildman–Crippen MR) is 93.2 cm³/mol. The van der Waals surface area contributed by atoms with Crippen molar-refractivity contribution in [2.75, 3.05) is 13.1 Å². The molecule has 24 heavy (non-hydrogen) atoms. The molecule has 1 amide bonds. The van der Waals surface area contributed by atoms with Crippen molar-refractivity contribution < 1.29 is 22.1 Å². The van der Waals surface area contributed by atoms with Crippen LogP contribution in [0.4, 0.5) is 4.79 Å². The van der Waals surface area contributed by atoms with Gasteiger partial charge >= 0.3 is 6.09 Å². The van der Waals surface area contributed by atoms with Gasteiger partial charge in [0, 0.05) is 11.0 Å². The Hall–Kier alpha value is -1.12. The standard InChI is InChI=1S/C16H22BrNO5S/c1-16(2,3)22-15(19)18-10-4-5-13(11-18)23-24(20,21)14-8-6-12(17)7-9-14/h6-9,13H,4-5,10-11H2,1-3H3. The summed E-state index contributed by atoms with van der Waals surface area (Å²) < 4.78 is 36.1. The fourth-order valence-corrected chi connectivity index (χ4v) is 3.71. The molecule has 0 N–H and O–H groups in total. The SMILES string of the molecule is CC(C)(C)OC(=O)N1CCCC(OS(=O)(=O)c2ccc(Br)cc2)C1. The molecule has 0 aliphatic carbocycles. The Balaban J connectivity index is 2.02. The van der Waals surface area contributed by atoms with Gasteiger partial charge in [-0.05, 0) is 57.9 Å². The normalized spacial score (nSPS) is 19.2. The van der Waals surface area contributed by atoms with Crippen molar-refractivity contribution in [1.82, 2.24) is 4.90 Å². The van der Waals surface area contributed by atoms with Crippen molar-refractivity contribution in [3.8, 4) is 0 Å². The second-order valence-electron chi connectivity index (χ2n) is 6.69. The summed E-state index contributed by atoms with van der Waals surface area (Å²) in [6, 6.07) is 6.25. The molecule has 1 aromatic carbocycles. The molecule has 1 aromatic rings. The molecule has 0 radical (unpaired) electrons. The van der Waals surface area contributed by atoms with Crippen LogP contribution in [0.3, 0.4) is 0 Å². The Morgan fingerprint density at radius 3 is 2.46 bits per heavy atom. The van der Waals surface area contributed by atoms with Gasteiger partial charge in [0.1, 0.15) is 5.60 Å². The molecule has 8 heteroatoms. The molecule has 0 aromatic heterocycles. The van der Waals surface area contributed by atoms with E-state index < -0.39 is 27.9 Å². The van der Waals surface area contributed by atoms with Crippen molar-refractivity contribution in [1.29, 1.82) is 0 Å². The van der Waals surface area contributed by atoms with E-state index in [0.29, 0.717) is 19.4 Å². The van der Waals surface area contributed by atoms with E-state index in [4.69, 9.17) is 8.92 Å². The molecule has 1 unspecified atom stereocenters. The Morgan fingerprint density at radius 1 is 1.25 bits per heavy atom. The fraction of sp³-hybridized carbons (Fsp3) is 0.562. The summed E-state index contributed by atoms with van der Waals surface area (Å²) >= 11 is 3.26. The maximum Gasteiger partial charge on any atom is 0.410 e. The topological polar surface area (TPSA) is 72.9 Å². The summed E-state index contributed by atoms with van der Waals surface area (Å²) in [5, 5.41) is 0. The van der Waals surface area contributed by atoms with Crippen molar-refractivity contribution >= 4 is 32.1 Å². The van der Waals surface area contributed by atoms with Crippen LogP contribution < -0.4 is 0 Å². The molecule has 6 nitrogen and oxygen atoms in total. The van der Waals surface area contributed by atoms with Crippen LogP contribution in [0.1, 0.15) is 33.6 Å². The molecule has 1 saturated heterocycles. The van der Waals surface area contributed by atoms with Crippen LogP contribution in [0.15, 0.2) is 33.6 Å². The van der Waals surface area contributed by atoms with E-state index in [1.54, 1.807) is 32.9 Å². The molecule has 0 saturated carbocycles. The third-order valence-electron chi connectivity index (χ3n) is 3.39. The average molecular weight is 420 g/mol. The van der Waals surface area contributed by atoms with Gasteiger partial charge in [-0.15, -0.1) is 0 Å². The number of amides is 1. The van der Waals surface area contributed by atoms with Gasteiger partial charge < -0.3 is 9.64 Å². The van der Waals surface area contributed by atoms with Crippen LogP contribution >= 0.6 is 15.9 Å². The quantitative estimate of drug-likeness (QED) is 0.700. The Labute approximate surface area is 151 Å². The van der Waals surface area contributed by atoms with Crippen LogP contribution in [-0.4, -0.2) is 44.2 Å². The zero-order valence-corrected chi connectivity index (χ0v) is 16.4. The number of piperidine rings is 1. The molecule has 2 rings (SSSR count). The minimum Gasteiger partial charge on any atom is -0.444 e. The summed E-state index contributed by atoms with van der Waals surface area (Å²) in [4.78, 5) is 13.7. The lowest BCUT2D eigenvalue weighted by Crippen LogP contribution is -2.45. The second kappa shape index (κ2) is 7.41. The Morgan fingerprint density at radius 2 is 1.88 bits per heavy atom. The molecule has 1 atom stereocenters. The maximum absolute atomic E-state index is 12.3. The highest BCUT2D eigenvalue weighted by atomic mass is 79.9. The second-order valence-corrected chi connectivity index (χ2v) is 9.18. The summed E-state index contributed by atoms with van der Waals surface area (Å²) in [5.74, 6) is 0. The molecule has 0 spiro atoms. The van der Waals surface area contributed by atoms with E-state index >= 15 is 0 Å². The Kier molecular flexibility index (Phi) is 5.93. The van der Waals surface area contributed by atoms with E-state index in [0.717, 1.165) is 4.47 Å². The number of rotatable bonds is 3. The first-order chi connectivity index (χ1) is 11.1. The van der Waals surface area contributed by atoms with Crippen LogP contribution in [0.5, 0.6) is 0 Å². The largest absolute Gasteiger partial charge is 0.444 e. The highest BCUT2D eigenvalue weighted by Gasteiger charge is 2.31. The fourth-order valence-electron chi connectivity index (χ4n) is 2.35. The van der Waals surface area contributed by atoms with Gasteiger partial charge in [0.2, 0.25) is 0 Å². The summed E-state index contributed by atoms with van der Waals surface area (Å²) in [6.45, 7) is 6.11. The number of benzene rings is 1. The number of ether oxygens (including phenoxy) is 1. The van der Waals surface area contributed by atoms with Gasteiger partial charge in [0.15, 0.2) is 0 Å². The maximum atomic E-state index is 12.3. The smallest absolute Gasteiger partial charge is 0.410 e. The van der Waals surface area contributed by atoms with Crippen LogP contribution in [0.2, 0.25) is 0 Å². The molecular weight excluding hydrogens is 398 g/mol. The number of halogens is 1. The number of carbonyl (C=O) groups is 1. The zero-order chi connectivity index (χ0) is 18.0. The lowest BCUT2D eigenvalue weighted by Gasteiger charge is -2.33. The number of carbonyl (C=O) groups excluding carboxylic acids is 1. The molecule has 1 aliphatic heterocycles. The van der Waals surface area contributed by atoms with Gasteiger partial charge in [-0.3, -0.25) is 4.18 Å². The number of nitrogens with zero attached hydrogens (tertiary/aromatic N) is 1. The third-order valence-corrected chi connectivity index (χ3v) is 5.30. The lowest BCUT2D eigenvalue weighted by atomic mass is 10.1. The number of likely N-dealkylation sites (tertiary alicyclic amines) is 1. The molecule has 1 fully saturated rings. The van der Waals surface area contributed by atoms with E-state index in [1.165, 1.54) is 17.0 Å². The van der Waals surface area contributed by atoms with E-state index in [9.17, 15) is 13.2 Å². The highest BCUT2D eigenvalue weighted by Crippen LogP contribution is 2.22. The highest BCUT2D eigenvalue weighted by molar-refractivity contribution is 9.10. The first-order valence-corrected chi connectivity index (χ1v) is 9.94. The molecular formula is C16H22BrNO5S. The molecule has 1 aliphatic rings. The van der Waals surface area contributed by atoms with Crippen molar-refractivity contribution in [2.45, 2.75) is 50.2 Å². The first-order valence-electron chi connectivity index (χ1n) is 7.74. The van der Waals surface area contributed by atoms with E-state index in [1.807, 2.05) is 0 Å². The van der Waals surface area contributed by atoms with Crippen LogP contribution in [0.25, 0.3) is 0 Å². The third kappa shape index (κ3) is 5.46. The van der Waals surface area contributed by atoms with Gasteiger partial charge in [0.25, 0.3) is 10.1 Å². The minimum atomic E-state index is -3.86. The van der Waals surface area contributed by atoms with Crippen molar-refractivity contribution in [3.05, 3.63) is 28.7 Å². The zero-order valence-electron chi connectivity index (χ0n) is 14.0. The summed E-state index contributed by atoms with van der Waals surface area (Å²) in [7, 11) is -3.86. The number of hydrogen-bond acceptors (Lipinski definition) is 5. The average Bonchev–Trinajstić information content (AvgIpc) is 2.45. The molecule has 1 heterocycles. The van der Waals surface area contributed by atoms with Gasteiger partial charge in [-0.25, -0.2) is 4.79 Å². The summed E-state index contributed by atoms with van der Waals surface area (Å²) in [5.41, 5.74) is -0.589. The first kappa shape index (κ1) is 19.2. The lowest BCUT2D eigenvalue weighted by molar-refractivity contribution is 0.00840. The van der Waals surface area contributed by atoms with E-state index in [2.05, 4.69) is 15.9 Å². The predicted octanol–water partition coefficient (Wildman–Crippen LogP) is 3.55. The molecule has 0 bridgehead atoms. The van der Waals surface area contributed by atoms with Gasteiger partial charge in [-0.2, -0.15) is 8.42 Å². The van der Waals surface area contributed by atoms with Gasteiger partial charge in [-0.1, -0.05) is 15.9 Å². The molecule has 134 valence electrons. The Bertz CT molecular complexity index is 681. The summed E-state index contributed by atoms with van der Waals surface area (Å²) in [6.07, 6.45) is 0.228. The van der Waals surface area contributed by atoms with Crippen molar-refractivity contribution in [3.63, 3.8) is 0 Å². The monoisotopic (exact) mass is 419 g/mol.